The van der Waals surface area contributed by atoms with Gasteiger partial charge in [0.2, 0.25) is 0 Å². The molecule has 16 aromatic carbocycles. The van der Waals surface area contributed by atoms with E-state index in [2.05, 4.69) is 241 Å². The highest BCUT2D eigenvalue weighted by Gasteiger charge is 2.28. The van der Waals surface area contributed by atoms with Crippen LogP contribution in [0.3, 0.4) is 0 Å². The van der Waals surface area contributed by atoms with Crippen molar-refractivity contribution in [1.29, 1.82) is 0 Å². The van der Waals surface area contributed by atoms with Gasteiger partial charge in [-0.2, -0.15) is 0 Å². The summed E-state index contributed by atoms with van der Waals surface area (Å²) in [5.41, 5.74) is 8.54. The van der Waals surface area contributed by atoms with Gasteiger partial charge in [0.15, 0.2) is 0 Å². The minimum atomic E-state index is 1.14. The van der Waals surface area contributed by atoms with Gasteiger partial charge < -0.3 is 4.90 Å². The molecular formula is C70H39N. The quantitative estimate of drug-likeness (QED) is 0.123. The number of anilines is 3. The largest absolute Gasteiger partial charge is 0.310 e. The predicted molar refractivity (Wildman–Crippen MR) is 302 cm³/mol. The van der Waals surface area contributed by atoms with Crippen molar-refractivity contribution in [2.24, 2.45) is 0 Å². The summed E-state index contributed by atoms with van der Waals surface area (Å²) in [5, 5.41) is 31.8. The molecule has 0 fully saturated rings. The summed E-state index contributed by atoms with van der Waals surface area (Å²) in [5.74, 6) is 0. The van der Waals surface area contributed by atoms with Crippen LogP contribution in [-0.2, 0) is 0 Å². The van der Waals surface area contributed by atoms with Crippen molar-refractivity contribution < 1.29 is 0 Å². The average Bonchev–Trinajstić information content (AvgIpc) is 4.08. The Balaban J connectivity index is 1.02. The molecule has 0 N–H and O–H groups in total. The molecule has 324 valence electrons. The smallest absolute Gasteiger partial charge is 0.0468 e. The van der Waals surface area contributed by atoms with Crippen molar-refractivity contribution in [3.8, 4) is 22.3 Å². The summed E-state index contributed by atoms with van der Waals surface area (Å²) >= 11 is 0. The van der Waals surface area contributed by atoms with Gasteiger partial charge in [0.1, 0.15) is 0 Å². The molecule has 0 spiro atoms. The maximum absolute atomic E-state index is 2.54. The van der Waals surface area contributed by atoms with Crippen molar-refractivity contribution in [3.63, 3.8) is 0 Å². The van der Waals surface area contributed by atoms with Crippen LogP contribution in [0.4, 0.5) is 17.1 Å². The second kappa shape index (κ2) is 13.7. The van der Waals surface area contributed by atoms with Crippen LogP contribution in [0.1, 0.15) is 0 Å². The molecule has 0 bridgehead atoms. The van der Waals surface area contributed by atoms with E-state index in [-0.39, 0.29) is 0 Å². The van der Waals surface area contributed by atoms with E-state index in [0.29, 0.717) is 0 Å². The van der Waals surface area contributed by atoms with Gasteiger partial charge in [-0.05, 0) is 193 Å². The fourth-order valence-electron chi connectivity index (χ4n) is 13.7. The standard InChI is InChI=1S/C70H39N/c1-5-16-40(17-6-1)61-60-39-59-46-25-14-13-24-45(46)48-26-15-27-55(63(48)59)68(60)62(41-18-7-2-8-19-41)70-57-37-35-53-51-32-33-54-58-38-44(71(42-20-9-3-10-21-42)43-22-11-4-12-23-43)28-29-47(58)49-30-31-50(65(51)64(49)54)52-34-36-56(69(61)70)67(57)66(52)53/h1-39H. The third kappa shape index (κ3) is 4.80. The molecule has 1 heteroatoms. The first-order valence-corrected chi connectivity index (χ1v) is 24.8. The van der Waals surface area contributed by atoms with Gasteiger partial charge in [-0.1, -0.05) is 194 Å². The second-order valence-corrected chi connectivity index (χ2v) is 19.7. The minimum absolute atomic E-state index is 1.14. The summed E-state index contributed by atoms with van der Waals surface area (Å²) < 4.78 is 0. The zero-order chi connectivity index (χ0) is 46.1. The molecule has 0 aromatic heterocycles. The van der Waals surface area contributed by atoms with E-state index >= 15 is 0 Å². The fraction of sp³-hybridized carbons (Fsp3) is 0. The third-order valence-corrected chi connectivity index (χ3v) is 16.4. The first-order valence-electron chi connectivity index (χ1n) is 24.8. The molecule has 71 heavy (non-hydrogen) atoms. The first-order chi connectivity index (χ1) is 35.3. The summed E-state index contributed by atoms with van der Waals surface area (Å²) in [6.45, 7) is 0. The Bertz CT molecular complexity index is 5070. The molecule has 0 atom stereocenters. The van der Waals surface area contributed by atoms with E-state index in [9.17, 15) is 0 Å². The molecule has 1 nitrogen and oxygen atoms in total. The van der Waals surface area contributed by atoms with Gasteiger partial charge >= 0.3 is 0 Å². The summed E-state index contributed by atoms with van der Waals surface area (Å²) in [4.78, 5) is 2.37. The lowest BCUT2D eigenvalue weighted by Crippen LogP contribution is -2.09. The molecule has 0 radical (unpaired) electrons. The summed E-state index contributed by atoms with van der Waals surface area (Å²) in [7, 11) is 0. The third-order valence-electron chi connectivity index (χ3n) is 16.4. The number of hydrogen-bond donors (Lipinski definition) is 0. The maximum atomic E-state index is 2.54. The molecule has 0 unspecified atom stereocenters. The Hall–Kier alpha value is -9.30. The normalized spacial score (nSPS) is 12.5. The molecule has 0 saturated carbocycles. The van der Waals surface area contributed by atoms with Gasteiger partial charge in [-0.3, -0.25) is 0 Å². The molecule has 1 aliphatic carbocycles. The predicted octanol–water partition coefficient (Wildman–Crippen LogP) is 19.2. The maximum Gasteiger partial charge on any atom is 0.0468 e. The van der Waals surface area contributed by atoms with E-state index < -0.39 is 0 Å². The number of hydrogen-bond acceptors (Lipinski definition) is 1. The Labute approximate surface area is 407 Å². The van der Waals surface area contributed by atoms with Crippen LogP contribution in [0, 0.1) is 20.9 Å². The van der Waals surface area contributed by atoms with E-state index in [0.717, 1.165) is 17.1 Å². The molecule has 1 aliphatic rings. The van der Waals surface area contributed by atoms with Gasteiger partial charge in [0, 0.05) is 17.1 Å². The molecule has 17 rings (SSSR count). The van der Waals surface area contributed by atoms with Crippen LogP contribution in [0.2, 0.25) is 0 Å². The zero-order valence-electron chi connectivity index (χ0n) is 38.5. The van der Waals surface area contributed by atoms with Crippen LogP contribution >= 0.6 is 0 Å². The lowest BCUT2D eigenvalue weighted by atomic mass is 9.84. The molecule has 0 amide bonds. The Morgan fingerprint density at radius 3 is 1.24 bits per heavy atom. The SMILES string of the molecule is c1ccc(-c2c3cc4c5ccccc5c5cccc(c3c(-c3ccccc3)c3c6ccc7c8ccc9c%10c(ccc(c%11ccc(c23)c6c%117)c%108)=c2ccc(N(c3ccccc3)c3ccccc3)cc2=9)c54)cc1. The highest BCUT2D eigenvalue weighted by atomic mass is 15.1. The topological polar surface area (TPSA) is 3.24 Å². The van der Waals surface area contributed by atoms with Crippen LogP contribution in [0.25, 0.3) is 130 Å². The van der Waals surface area contributed by atoms with Crippen molar-refractivity contribution >= 4 is 125 Å². The molecule has 0 heterocycles. The van der Waals surface area contributed by atoms with Crippen molar-refractivity contribution in [2.45, 2.75) is 0 Å². The van der Waals surface area contributed by atoms with Gasteiger partial charge in [0.05, 0.1) is 0 Å². The number of fused-ring (bicyclic) bond motifs is 11. The average molecular weight is 894 g/mol. The number of para-hydroxylation sites is 2. The van der Waals surface area contributed by atoms with Gasteiger partial charge in [0.25, 0.3) is 0 Å². The Morgan fingerprint density at radius 2 is 0.606 bits per heavy atom. The molecule has 0 saturated heterocycles. The Morgan fingerprint density at radius 1 is 0.183 bits per heavy atom. The van der Waals surface area contributed by atoms with Crippen LogP contribution in [0.15, 0.2) is 237 Å². The minimum Gasteiger partial charge on any atom is -0.310 e. The van der Waals surface area contributed by atoms with E-state index in [1.54, 1.807) is 0 Å². The van der Waals surface area contributed by atoms with Crippen LogP contribution in [0.5, 0.6) is 0 Å². The van der Waals surface area contributed by atoms with E-state index in [1.165, 1.54) is 151 Å². The number of benzene rings is 14. The molecular weight excluding hydrogens is 855 g/mol. The first kappa shape index (κ1) is 37.7. The van der Waals surface area contributed by atoms with Crippen LogP contribution in [-0.4, -0.2) is 0 Å². The van der Waals surface area contributed by atoms with Crippen molar-refractivity contribution in [1.82, 2.24) is 0 Å². The fourth-order valence-corrected chi connectivity index (χ4v) is 13.7. The van der Waals surface area contributed by atoms with E-state index in [4.69, 9.17) is 0 Å². The van der Waals surface area contributed by atoms with Gasteiger partial charge in [-0.15, -0.1) is 0 Å². The van der Waals surface area contributed by atoms with Crippen LogP contribution < -0.4 is 4.90 Å². The van der Waals surface area contributed by atoms with Gasteiger partial charge in [-0.25, -0.2) is 0 Å². The number of rotatable bonds is 5. The van der Waals surface area contributed by atoms with Crippen molar-refractivity contribution in [2.75, 3.05) is 4.90 Å². The lowest BCUT2D eigenvalue weighted by Gasteiger charge is -2.25. The molecule has 0 aliphatic heterocycles. The molecule has 16 aromatic rings. The highest BCUT2D eigenvalue weighted by molar-refractivity contribution is 6.48. The summed E-state index contributed by atoms with van der Waals surface area (Å²) in [6.07, 6.45) is 0. The zero-order valence-corrected chi connectivity index (χ0v) is 38.5. The second-order valence-electron chi connectivity index (χ2n) is 19.7. The summed E-state index contributed by atoms with van der Waals surface area (Å²) in [6, 6.07) is 89.0. The van der Waals surface area contributed by atoms with E-state index in [1.807, 2.05) is 0 Å². The number of nitrogens with zero attached hydrogens (tertiary/aromatic N) is 1. The monoisotopic (exact) mass is 893 g/mol. The lowest BCUT2D eigenvalue weighted by molar-refractivity contribution is 1.27. The van der Waals surface area contributed by atoms with Crippen molar-refractivity contribution in [3.05, 3.63) is 257 Å². The Kier molecular flexibility index (Phi) is 7.26. The highest BCUT2D eigenvalue weighted by Crippen LogP contribution is 2.56.